The van der Waals surface area contributed by atoms with E-state index in [9.17, 15) is 4.79 Å². The maximum atomic E-state index is 12.1. The molecule has 0 aliphatic carbocycles. The summed E-state index contributed by atoms with van der Waals surface area (Å²) in [5, 5.41) is 0.584. The van der Waals surface area contributed by atoms with Crippen molar-refractivity contribution in [3.05, 3.63) is 58.0 Å². The standard InChI is InChI=1S/C14H11ClN2O2/c1-19-13-5-3-2-4-12(13)17-11-7-6-9(15)8-10(11)16-14(17)18/h2-8H,1H3,(H,16,18). The minimum atomic E-state index is -0.221. The van der Waals surface area contributed by atoms with Gasteiger partial charge in [-0.2, -0.15) is 0 Å². The third-order valence-corrected chi connectivity index (χ3v) is 3.21. The number of imidazole rings is 1. The predicted molar refractivity (Wildman–Crippen MR) is 75.5 cm³/mol. The van der Waals surface area contributed by atoms with Crippen LogP contribution in [0.3, 0.4) is 0 Å². The first kappa shape index (κ1) is 11.9. The molecule has 4 nitrogen and oxygen atoms in total. The summed E-state index contributed by atoms with van der Waals surface area (Å²) in [5.41, 5.74) is 1.94. The highest BCUT2D eigenvalue weighted by Gasteiger charge is 2.12. The van der Waals surface area contributed by atoms with Crippen LogP contribution in [-0.2, 0) is 0 Å². The summed E-state index contributed by atoms with van der Waals surface area (Å²) in [7, 11) is 1.58. The van der Waals surface area contributed by atoms with Crippen molar-refractivity contribution in [1.29, 1.82) is 0 Å². The summed E-state index contributed by atoms with van der Waals surface area (Å²) in [4.78, 5) is 14.9. The Kier molecular flexibility index (Phi) is 2.80. The molecule has 0 amide bonds. The molecule has 0 aliphatic rings. The molecule has 5 heteroatoms. The molecular formula is C14H11ClN2O2. The first-order valence-corrected chi connectivity index (χ1v) is 6.12. The lowest BCUT2D eigenvalue weighted by molar-refractivity contribution is 0.413. The second-order valence-electron chi connectivity index (χ2n) is 4.10. The van der Waals surface area contributed by atoms with Crippen LogP contribution in [0, 0.1) is 0 Å². The van der Waals surface area contributed by atoms with Crippen molar-refractivity contribution >= 4 is 22.6 Å². The van der Waals surface area contributed by atoms with Crippen LogP contribution in [0.25, 0.3) is 16.7 Å². The third-order valence-electron chi connectivity index (χ3n) is 2.97. The molecule has 0 bridgehead atoms. The van der Waals surface area contributed by atoms with Crippen LogP contribution in [-0.4, -0.2) is 16.7 Å². The number of benzene rings is 2. The molecule has 0 unspecified atom stereocenters. The van der Waals surface area contributed by atoms with Gasteiger partial charge in [0.05, 0.1) is 23.8 Å². The minimum absolute atomic E-state index is 0.221. The number of halogens is 1. The number of hydrogen-bond donors (Lipinski definition) is 1. The molecule has 1 N–H and O–H groups in total. The lowest BCUT2D eigenvalue weighted by Gasteiger charge is -2.08. The number of nitrogens with one attached hydrogen (secondary N) is 1. The number of ether oxygens (including phenoxy) is 1. The number of H-pyrrole nitrogens is 1. The van der Waals surface area contributed by atoms with Gasteiger partial charge in [0.1, 0.15) is 5.75 Å². The molecule has 0 aliphatic heterocycles. The second-order valence-corrected chi connectivity index (χ2v) is 4.54. The van der Waals surface area contributed by atoms with Gasteiger partial charge < -0.3 is 9.72 Å². The monoisotopic (exact) mass is 274 g/mol. The molecule has 0 saturated carbocycles. The topological polar surface area (TPSA) is 47.0 Å². The molecule has 0 atom stereocenters. The maximum Gasteiger partial charge on any atom is 0.331 e. The Morgan fingerprint density at radius 2 is 2.00 bits per heavy atom. The predicted octanol–water partition coefficient (Wildman–Crippen LogP) is 2.98. The van der Waals surface area contributed by atoms with Crippen LogP contribution in [0.15, 0.2) is 47.3 Å². The largest absolute Gasteiger partial charge is 0.495 e. The van der Waals surface area contributed by atoms with Gasteiger partial charge in [-0.15, -0.1) is 0 Å². The molecule has 2 aromatic carbocycles. The lowest BCUT2D eigenvalue weighted by Crippen LogP contribution is -2.15. The minimum Gasteiger partial charge on any atom is -0.495 e. The van der Waals surface area contributed by atoms with Gasteiger partial charge in [-0.3, -0.25) is 4.57 Å². The Bertz CT molecular complexity index is 805. The molecular weight excluding hydrogens is 264 g/mol. The highest BCUT2D eigenvalue weighted by molar-refractivity contribution is 6.31. The molecule has 0 fully saturated rings. The molecule has 19 heavy (non-hydrogen) atoms. The number of aromatic amines is 1. The smallest absolute Gasteiger partial charge is 0.331 e. The van der Waals surface area contributed by atoms with Crippen molar-refractivity contribution in [3.63, 3.8) is 0 Å². The van der Waals surface area contributed by atoms with Crippen molar-refractivity contribution in [2.45, 2.75) is 0 Å². The fourth-order valence-corrected chi connectivity index (χ4v) is 2.31. The van der Waals surface area contributed by atoms with Gasteiger partial charge >= 0.3 is 5.69 Å². The Hall–Kier alpha value is -2.20. The number of fused-ring (bicyclic) bond motifs is 1. The van der Waals surface area contributed by atoms with Gasteiger partial charge in [-0.1, -0.05) is 23.7 Å². The van der Waals surface area contributed by atoms with Crippen LogP contribution in [0.5, 0.6) is 5.75 Å². The zero-order valence-corrected chi connectivity index (χ0v) is 10.9. The average molecular weight is 275 g/mol. The highest BCUT2D eigenvalue weighted by Crippen LogP contribution is 2.25. The summed E-state index contributed by atoms with van der Waals surface area (Å²) in [6, 6.07) is 12.7. The quantitative estimate of drug-likeness (QED) is 0.781. The van der Waals surface area contributed by atoms with Gasteiger partial charge in [0.2, 0.25) is 0 Å². The van der Waals surface area contributed by atoms with Gasteiger partial charge in [0, 0.05) is 5.02 Å². The SMILES string of the molecule is COc1ccccc1-n1c(=O)[nH]c2cc(Cl)ccc21. The summed E-state index contributed by atoms with van der Waals surface area (Å²) < 4.78 is 6.87. The second kappa shape index (κ2) is 4.48. The van der Waals surface area contributed by atoms with Crippen molar-refractivity contribution in [3.8, 4) is 11.4 Å². The molecule has 0 radical (unpaired) electrons. The number of rotatable bonds is 2. The number of methoxy groups -OCH3 is 1. The number of aromatic nitrogens is 2. The molecule has 0 saturated heterocycles. The van der Waals surface area contributed by atoms with Crippen molar-refractivity contribution in [2.24, 2.45) is 0 Å². The third kappa shape index (κ3) is 1.90. The van der Waals surface area contributed by atoms with Gasteiger partial charge in [0.15, 0.2) is 0 Å². The van der Waals surface area contributed by atoms with Gasteiger partial charge in [-0.05, 0) is 30.3 Å². The number of hydrogen-bond acceptors (Lipinski definition) is 2. The molecule has 1 heterocycles. The fourth-order valence-electron chi connectivity index (χ4n) is 2.14. The van der Waals surface area contributed by atoms with E-state index in [0.29, 0.717) is 22.0 Å². The normalized spacial score (nSPS) is 10.8. The van der Waals surface area contributed by atoms with E-state index in [1.807, 2.05) is 30.3 Å². The van der Waals surface area contributed by atoms with Gasteiger partial charge in [-0.25, -0.2) is 4.79 Å². The van der Waals surface area contributed by atoms with E-state index in [2.05, 4.69) is 4.98 Å². The van der Waals surface area contributed by atoms with E-state index in [-0.39, 0.29) is 5.69 Å². The van der Waals surface area contributed by atoms with E-state index in [1.165, 1.54) is 0 Å². The van der Waals surface area contributed by atoms with Crippen LogP contribution in [0.1, 0.15) is 0 Å². The molecule has 3 aromatic rings. The summed E-state index contributed by atoms with van der Waals surface area (Å²) in [6.07, 6.45) is 0. The summed E-state index contributed by atoms with van der Waals surface area (Å²) >= 11 is 5.93. The highest BCUT2D eigenvalue weighted by atomic mass is 35.5. The van der Waals surface area contributed by atoms with E-state index >= 15 is 0 Å². The number of para-hydroxylation sites is 2. The van der Waals surface area contributed by atoms with Crippen LogP contribution in [0.2, 0.25) is 5.02 Å². The first-order valence-electron chi connectivity index (χ1n) is 5.74. The van der Waals surface area contributed by atoms with Crippen molar-refractivity contribution in [1.82, 2.24) is 9.55 Å². The summed E-state index contributed by atoms with van der Waals surface area (Å²) in [5.74, 6) is 0.639. The lowest BCUT2D eigenvalue weighted by atomic mass is 10.2. The molecule has 96 valence electrons. The van der Waals surface area contributed by atoms with E-state index in [1.54, 1.807) is 23.8 Å². The Balaban J connectivity index is 2.36. The molecule has 3 rings (SSSR count). The number of nitrogens with zero attached hydrogens (tertiary/aromatic N) is 1. The Morgan fingerprint density at radius 1 is 1.21 bits per heavy atom. The first-order chi connectivity index (χ1) is 9.20. The van der Waals surface area contributed by atoms with Crippen LogP contribution in [0.4, 0.5) is 0 Å². The Morgan fingerprint density at radius 3 is 2.79 bits per heavy atom. The Labute approximate surface area is 114 Å². The van der Waals surface area contributed by atoms with Gasteiger partial charge in [0.25, 0.3) is 0 Å². The fraction of sp³-hybridized carbons (Fsp3) is 0.0714. The van der Waals surface area contributed by atoms with E-state index in [0.717, 1.165) is 5.52 Å². The van der Waals surface area contributed by atoms with Crippen molar-refractivity contribution in [2.75, 3.05) is 7.11 Å². The van der Waals surface area contributed by atoms with Crippen LogP contribution >= 0.6 is 11.6 Å². The van der Waals surface area contributed by atoms with Crippen molar-refractivity contribution < 1.29 is 4.74 Å². The van der Waals surface area contributed by atoms with Crippen LogP contribution < -0.4 is 10.4 Å². The summed E-state index contributed by atoms with van der Waals surface area (Å²) in [6.45, 7) is 0. The molecule has 1 aromatic heterocycles. The maximum absolute atomic E-state index is 12.1. The molecule has 0 spiro atoms. The van der Waals surface area contributed by atoms with E-state index in [4.69, 9.17) is 16.3 Å². The van der Waals surface area contributed by atoms with E-state index < -0.39 is 0 Å². The zero-order chi connectivity index (χ0) is 13.4. The average Bonchev–Trinajstić information content (AvgIpc) is 2.73. The zero-order valence-electron chi connectivity index (χ0n) is 10.2.